The molecular weight excluding hydrogens is 382 g/mol. The number of hydrogen-bond donors (Lipinski definition) is 0. The second-order valence-electron chi connectivity index (χ2n) is 7.28. The number of allylic oxidation sites excluding steroid dienone is 1. The van der Waals surface area contributed by atoms with Gasteiger partial charge in [-0.15, -0.1) is 0 Å². The van der Waals surface area contributed by atoms with Crippen LogP contribution in [0.25, 0.3) is 11.1 Å². The van der Waals surface area contributed by atoms with Gasteiger partial charge in [-0.2, -0.15) is 0 Å². The Labute approximate surface area is 175 Å². The number of Topliss-reactive ketones (excluding diaryl/α,β-unsaturated/α-hetero) is 1. The highest BCUT2D eigenvalue weighted by molar-refractivity contribution is 6.42. The van der Waals surface area contributed by atoms with Crippen LogP contribution in [0.2, 0.25) is 5.02 Å². The summed E-state index contributed by atoms with van der Waals surface area (Å²) in [7, 11) is 0. The van der Waals surface area contributed by atoms with E-state index in [9.17, 15) is 4.79 Å². The van der Waals surface area contributed by atoms with Crippen LogP contribution in [0.5, 0.6) is 0 Å². The molecule has 0 radical (unpaired) electrons. The molecule has 29 heavy (non-hydrogen) atoms. The molecule has 4 heteroatoms. The summed E-state index contributed by atoms with van der Waals surface area (Å²) in [5.74, 6) is 0.0282. The van der Waals surface area contributed by atoms with Gasteiger partial charge in [0.25, 0.3) is 0 Å². The number of anilines is 1. The molecule has 2 aliphatic rings. The molecule has 3 aromatic carbocycles. The average molecular weight is 402 g/mol. The Balaban J connectivity index is 1.68. The van der Waals surface area contributed by atoms with Gasteiger partial charge in [-0.1, -0.05) is 60.1 Å². The van der Waals surface area contributed by atoms with Crippen molar-refractivity contribution in [2.75, 3.05) is 31.2 Å². The largest absolute Gasteiger partial charge is 0.378 e. The molecule has 5 rings (SSSR count). The zero-order chi connectivity index (χ0) is 19.8. The van der Waals surface area contributed by atoms with Gasteiger partial charge in [0.2, 0.25) is 0 Å². The van der Waals surface area contributed by atoms with Crippen molar-refractivity contribution >= 4 is 34.2 Å². The molecular formula is C25H20ClNO2. The predicted octanol–water partition coefficient (Wildman–Crippen LogP) is 5.33. The van der Waals surface area contributed by atoms with Crippen LogP contribution in [0.15, 0.2) is 72.8 Å². The Morgan fingerprint density at radius 2 is 1.52 bits per heavy atom. The predicted molar refractivity (Wildman–Crippen MR) is 118 cm³/mol. The monoisotopic (exact) mass is 401 g/mol. The molecule has 1 heterocycles. The van der Waals surface area contributed by atoms with Crippen LogP contribution >= 0.6 is 11.6 Å². The maximum Gasteiger partial charge on any atom is 0.194 e. The molecule has 3 nitrogen and oxygen atoms in total. The van der Waals surface area contributed by atoms with Crippen molar-refractivity contribution in [2.24, 2.45) is 0 Å². The van der Waals surface area contributed by atoms with Crippen LogP contribution in [0.1, 0.15) is 27.0 Å². The summed E-state index contributed by atoms with van der Waals surface area (Å²) in [5.41, 5.74) is 6.41. The van der Waals surface area contributed by atoms with E-state index in [1.165, 1.54) is 0 Å². The second kappa shape index (κ2) is 7.51. The van der Waals surface area contributed by atoms with E-state index in [-0.39, 0.29) is 5.78 Å². The minimum atomic E-state index is 0.0282. The molecule has 3 aromatic rings. The zero-order valence-corrected chi connectivity index (χ0v) is 16.7. The highest BCUT2D eigenvalue weighted by Crippen LogP contribution is 2.43. The molecule has 0 spiro atoms. The number of benzene rings is 3. The van der Waals surface area contributed by atoms with Gasteiger partial charge in [-0.25, -0.2) is 0 Å². The number of carbonyl (C=O) groups excluding carboxylic acids is 1. The minimum Gasteiger partial charge on any atom is -0.378 e. The van der Waals surface area contributed by atoms with Gasteiger partial charge in [0, 0.05) is 40.5 Å². The maximum atomic E-state index is 13.5. The molecule has 144 valence electrons. The van der Waals surface area contributed by atoms with E-state index in [1.54, 1.807) is 6.07 Å². The van der Waals surface area contributed by atoms with Crippen molar-refractivity contribution in [1.29, 1.82) is 0 Å². The zero-order valence-electron chi connectivity index (χ0n) is 15.9. The van der Waals surface area contributed by atoms with Gasteiger partial charge in [0.15, 0.2) is 5.78 Å². The Morgan fingerprint density at radius 1 is 0.759 bits per heavy atom. The number of carbonyl (C=O) groups is 1. The van der Waals surface area contributed by atoms with Crippen LogP contribution in [0.3, 0.4) is 0 Å². The van der Waals surface area contributed by atoms with E-state index in [0.29, 0.717) is 10.6 Å². The van der Waals surface area contributed by atoms with E-state index in [1.807, 2.05) is 42.5 Å². The van der Waals surface area contributed by atoms with Crippen molar-refractivity contribution in [2.45, 2.75) is 0 Å². The van der Waals surface area contributed by atoms with Gasteiger partial charge in [-0.3, -0.25) is 4.79 Å². The summed E-state index contributed by atoms with van der Waals surface area (Å²) < 4.78 is 5.48. The number of halogens is 1. The Morgan fingerprint density at radius 3 is 2.31 bits per heavy atom. The van der Waals surface area contributed by atoms with Gasteiger partial charge < -0.3 is 9.64 Å². The standard InChI is InChI=1S/C25H20ClNO2/c26-19-9-10-21-22(16-19)25(28)24(23(21)17-5-2-1-3-6-17)18-7-4-8-20(15-18)27-11-13-29-14-12-27/h1-10,15-16H,11-14H2. The molecule has 1 aliphatic heterocycles. The van der Waals surface area contributed by atoms with Crippen molar-refractivity contribution in [3.05, 3.63) is 100 Å². The normalized spacial score (nSPS) is 16.3. The van der Waals surface area contributed by atoms with Crippen molar-refractivity contribution < 1.29 is 9.53 Å². The van der Waals surface area contributed by atoms with Crippen LogP contribution < -0.4 is 4.90 Å². The van der Waals surface area contributed by atoms with Gasteiger partial charge >= 0.3 is 0 Å². The molecule has 1 aliphatic carbocycles. The van der Waals surface area contributed by atoms with E-state index in [0.717, 1.165) is 59.8 Å². The number of hydrogen-bond acceptors (Lipinski definition) is 3. The fraction of sp³-hybridized carbons (Fsp3) is 0.160. The molecule has 0 N–H and O–H groups in total. The lowest BCUT2D eigenvalue weighted by molar-refractivity contribution is 0.105. The van der Waals surface area contributed by atoms with Crippen LogP contribution in [-0.2, 0) is 4.74 Å². The summed E-state index contributed by atoms with van der Waals surface area (Å²) >= 11 is 6.21. The lowest BCUT2D eigenvalue weighted by Gasteiger charge is -2.29. The van der Waals surface area contributed by atoms with Crippen molar-refractivity contribution in [3.63, 3.8) is 0 Å². The number of nitrogens with zero attached hydrogens (tertiary/aromatic N) is 1. The van der Waals surface area contributed by atoms with Crippen LogP contribution in [0.4, 0.5) is 5.69 Å². The Bertz CT molecular complexity index is 1110. The fourth-order valence-electron chi connectivity index (χ4n) is 4.16. The Hall–Kier alpha value is -2.88. The second-order valence-corrected chi connectivity index (χ2v) is 7.72. The lowest BCUT2D eigenvalue weighted by atomic mass is 9.94. The molecule has 0 amide bonds. The number of fused-ring (bicyclic) bond motifs is 1. The summed E-state index contributed by atoms with van der Waals surface area (Å²) in [6.07, 6.45) is 0. The molecule has 1 fully saturated rings. The number of morpholine rings is 1. The number of ketones is 1. The third-order valence-corrected chi connectivity index (χ3v) is 5.78. The van der Waals surface area contributed by atoms with Crippen molar-refractivity contribution in [3.8, 4) is 0 Å². The quantitative estimate of drug-likeness (QED) is 0.594. The van der Waals surface area contributed by atoms with Crippen molar-refractivity contribution in [1.82, 2.24) is 0 Å². The van der Waals surface area contributed by atoms with Gasteiger partial charge in [0.1, 0.15) is 0 Å². The van der Waals surface area contributed by atoms with Crippen LogP contribution in [0, 0.1) is 0 Å². The van der Waals surface area contributed by atoms with Crippen LogP contribution in [-0.4, -0.2) is 32.1 Å². The smallest absolute Gasteiger partial charge is 0.194 e. The summed E-state index contributed by atoms with van der Waals surface area (Å²) in [6.45, 7) is 3.17. The highest BCUT2D eigenvalue weighted by atomic mass is 35.5. The first-order valence-corrected chi connectivity index (χ1v) is 10.2. The summed E-state index contributed by atoms with van der Waals surface area (Å²) in [5, 5.41) is 0.577. The molecule has 0 bridgehead atoms. The summed E-state index contributed by atoms with van der Waals surface area (Å²) in [6, 6.07) is 24.0. The van der Waals surface area contributed by atoms with E-state index in [4.69, 9.17) is 16.3 Å². The Kier molecular flexibility index (Phi) is 4.70. The first-order valence-electron chi connectivity index (χ1n) is 9.80. The maximum absolute atomic E-state index is 13.5. The third kappa shape index (κ3) is 3.27. The molecule has 0 atom stereocenters. The van der Waals surface area contributed by atoms with Gasteiger partial charge in [-0.05, 0) is 41.0 Å². The lowest BCUT2D eigenvalue weighted by Crippen LogP contribution is -2.36. The molecule has 0 aromatic heterocycles. The summed E-state index contributed by atoms with van der Waals surface area (Å²) in [4.78, 5) is 15.8. The van der Waals surface area contributed by atoms with Gasteiger partial charge in [0.05, 0.1) is 13.2 Å². The van der Waals surface area contributed by atoms with E-state index >= 15 is 0 Å². The topological polar surface area (TPSA) is 29.5 Å². The first-order chi connectivity index (χ1) is 14.2. The van der Waals surface area contributed by atoms with E-state index in [2.05, 4.69) is 29.2 Å². The van der Waals surface area contributed by atoms with E-state index < -0.39 is 0 Å². The average Bonchev–Trinajstić information content (AvgIpc) is 3.07. The molecule has 0 unspecified atom stereocenters. The third-order valence-electron chi connectivity index (χ3n) is 5.55. The first kappa shape index (κ1) is 18.2. The number of ether oxygens (including phenoxy) is 1. The highest BCUT2D eigenvalue weighted by Gasteiger charge is 2.31. The number of rotatable bonds is 3. The molecule has 1 saturated heterocycles. The molecule has 0 saturated carbocycles. The SMILES string of the molecule is O=C1C(c2cccc(N3CCOCC3)c2)=C(c2ccccc2)c2ccc(Cl)cc21. The minimum absolute atomic E-state index is 0.0282. The fourth-order valence-corrected chi connectivity index (χ4v) is 4.34.